The van der Waals surface area contributed by atoms with E-state index in [9.17, 15) is 0 Å². The normalized spacial score (nSPS) is 10.0. The van der Waals surface area contributed by atoms with Crippen molar-refractivity contribution in [1.29, 1.82) is 0 Å². The molecule has 0 bridgehead atoms. The van der Waals surface area contributed by atoms with Crippen molar-refractivity contribution in [3.8, 4) is 11.6 Å². The molecule has 0 N–H and O–H groups in total. The summed E-state index contributed by atoms with van der Waals surface area (Å²) in [5, 5.41) is 0. The van der Waals surface area contributed by atoms with Gasteiger partial charge in [-0.2, -0.15) is 0 Å². The van der Waals surface area contributed by atoms with Gasteiger partial charge in [0, 0.05) is 11.8 Å². The molecule has 0 fully saturated rings. The fourth-order valence-corrected chi connectivity index (χ4v) is 1.49. The van der Waals surface area contributed by atoms with Crippen LogP contribution in [0.25, 0.3) is 0 Å². The number of hydrogen-bond acceptors (Lipinski definition) is 3. The van der Waals surface area contributed by atoms with Gasteiger partial charge in [-0.25, -0.2) is 9.97 Å². The van der Waals surface area contributed by atoms with Crippen molar-refractivity contribution >= 4 is 15.9 Å². The molecule has 2 aromatic rings. The summed E-state index contributed by atoms with van der Waals surface area (Å²) in [6.45, 7) is 1.90. The first kappa shape index (κ1) is 10.1. The molecule has 76 valence electrons. The number of rotatable bonds is 2. The Balaban J connectivity index is 2.26. The Morgan fingerprint density at radius 3 is 2.73 bits per heavy atom. The number of ether oxygens (including phenoxy) is 1. The highest BCUT2D eigenvalue weighted by Crippen LogP contribution is 2.27. The smallest absolute Gasteiger partial charge is 0.222 e. The molecule has 3 nitrogen and oxygen atoms in total. The highest BCUT2D eigenvalue weighted by Gasteiger charge is 2.02. The third-order valence-electron chi connectivity index (χ3n) is 1.83. The second kappa shape index (κ2) is 4.40. The van der Waals surface area contributed by atoms with Crippen LogP contribution in [0.15, 0.2) is 41.1 Å². The fraction of sp³-hybridized carbons (Fsp3) is 0.0909. The van der Waals surface area contributed by atoms with E-state index in [4.69, 9.17) is 4.74 Å². The molecule has 0 unspecified atom stereocenters. The first-order chi connectivity index (χ1) is 7.25. The van der Waals surface area contributed by atoms with E-state index in [-0.39, 0.29) is 0 Å². The van der Waals surface area contributed by atoms with Crippen molar-refractivity contribution in [1.82, 2.24) is 9.97 Å². The van der Waals surface area contributed by atoms with Gasteiger partial charge in [0.15, 0.2) is 0 Å². The van der Waals surface area contributed by atoms with Crippen molar-refractivity contribution in [2.24, 2.45) is 0 Å². The molecular weight excluding hydrogens is 256 g/mol. The average Bonchev–Trinajstić information content (AvgIpc) is 2.22. The Morgan fingerprint density at radius 1 is 1.20 bits per heavy atom. The van der Waals surface area contributed by atoms with Gasteiger partial charge in [0.1, 0.15) is 12.1 Å². The summed E-state index contributed by atoms with van der Waals surface area (Å²) >= 11 is 3.40. The maximum atomic E-state index is 5.59. The zero-order valence-electron chi connectivity index (χ0n) is 8.14. The number of aryl methyl sites for hydroxylation is 1. The van der Waals surface area contributed by atoms with Crippen LogP contribution in [-0.4, -0.2) is 9.97 Å². The lowest BCUT2D eigenvalue weighted by molar-refractivity contribution is 0.458. The van der Waals surface area contributed by atoms with E-state index in [0.717, 1.165) is 15.9 Å². The number of nitrogens with zero attached hydrogens (tertiary/aromatic N) is 2. The molecule has 1 heterocycles. The number of aromatic nitrogens is 2. The Kier molecular flexibility index (Phi) is 2.97. The van der Waals surface area contributed by atoms with Crippen LogP contribution in [0.5, 0.6) is 11.6 Å². The maximum Gasteiger partial charge on any atom is 0.222 e. The molecule has 0 radical (unpaired) electrons. The Labute approximate surface area is 96.3 Å². The maximum absolute atomic E-state index is 5.59. The van der Waals surface area contributed by atoms with Gasteiger partial charge in [-0.15, -0.1) is 0 Å². The van der Waals surface area contributed by atoms with Crippen molar-refractivity contribution in [3.63, 3.8) is 0 Å². The molecule has 2 rings (SSSR count). The Morgan fingerprint density at radius 2 is 2.00 bits per heavy atom. The predicted molar refractivity (Wildman–Crippen MR) is 61.0 cm³/mol. The molecule has 0 aliphatic rings. The van der Waals surface area contributed by atoms with E-state index in [1.54, 1.807) is 6.07 Å². The summed E-state index contributed by atoms with van der Waals surface area (Å²) < 4.78 is 6.50. The van der Waals surface area contributed by atoms with Gasteiger partial charge in [-0.3, -0.25) is 0 Å². The van der Waals surface area contributed by atoms with Crippen LogP contribution in [0.4, 0.5) is 0 Å². The number of halogens is 1. The van der Waals surface area contributed by atoms with Crippen LogP contribution < -0.4 is 4.74 Å². The van der Waals surface area contributed by atoms with Gasteiger partial charge < -0.3 is 4.74 Å². The van der Waals surface area contributed by atoms with Crippen LogP contribution in [0, 0.1) is 6.92 Å². The SMILES string of the molecule is Cc1cc(Oc2ccccc2Br)ncn1. The second-order valence-corrected chi connectivity index (χ2v) is 3.88. The highest BCUT2D eigenvalue weighted by molar-refractivity contribution is 9.10. The minimum atomic E-state index is 0.550. The molecule has 0 saturated heterocycles. The molecule has 0 spiro atoms. The third kappa shape index (κ3) is 2.53. The van der Waals surface area contributed by atoms with Crippen molar-refractivity contribution in [3.05, 3.63) is 46.8 Å². The molecule has 15 heavy (non-hydrogen) atoms. The minimum absolute atomic E-state index is 0.550. The number of benzene rings is 1. The molecule has 0 amide bonds. The van der Waals surface area contributed by atoms with Crippen LogP contribution >= 0.6 is 15.9 Å². The molecule has 4 heteroatoms. The first-order valence-corrected chi connectivity index (χ1v) is 5.26. The molecule has 0 saturated carbocycles. The van der Waals surface area contributed by atoms with Gasteiger partial charge in [-0.1, -0.05) is 12.1 Å². The fourth-order valence-electron chi connectivity index (χ4n) is 1.13. The van der Waals surface area contributed by atoms with E-state index in [1.165, 1.54) is 6.33 Å². The standard InChI is InChI=1S/C11H9BrN2O/c1-8-6-11(14-7-13-8)15-10-5-3-2-4-9(10)12/h2-7H,1H3. The Bertz CT molecular complexity index is 474. The summed E-state index contributed by atoms with van der Waals surface area (Å²) in [4.78, 5) is 8.02. The summed E-state index contributed by atoms with van der Waals surface area (Å²) in [5.41, 5.74) is 0.882. The predicted octanol–water partition coefficient (Wildman–Crippen LogP) is 3.34. The quantitative estimate of drug-likeness (QED) is 0.835. The van der Waals surface area contributed by atoms with Crippen molar-refractivity contribution in [2.75, 3.05) is 0 Å². The van der Waals surface area contributed by atoms with E-state index < -0.39 is 0 Å². The van der Waals surface area contributed by atoms with Crippen LogP contribution in [0.1, 0.15) is 5.69 Å². The monoisotopic (exact) mass is 264 g/mol. The summed E-state index contributed by atoms with van der Waals surface area (Å²) in [5.74, 6) is 1.30. The number of para-hydroxylation sites is 1. The van der Waals surface area contributed by atoms with Crippen LogP contribution in [0.3, 0.4) is 0 Å². The van der Waals surface area contributed by atoms with E-state index in [2.05, 4.69) is 25.9 Å². The van der Waals surface area contributed by atoms with Crippen molar-refractivity contribution in [2.45, 2.75) is 6.92 Å². The van der Waals surface area contributed by atoms with Gasteiger partial charge in [-0.05, 0) is 35.0 Å². The lowest BCUT2D eigenvalue weighted by Crippen LogP contribution is -1.90. The molecule has 1 aromatic carbocycles. The second-order valence-electron chi connectivity index (χ2n) is 3.03. The van der Waals surface area contributed by atoms with E-state index in [1.807, 2.05) is 31.2 Å². The topological polar surface area (TPSA) is 35.0 Å². The van der Waals surface area contributed by atoms with Crippen molar-refractivity contribution < 1.29 is 4.74 Å². The minimum Gasteiger partial charge on any atom is -0.438 e. The highest BCUT2D eigenvalue weighted by atomic mass is 79.9. The average molecular weight is 265 g/mol. The largest absolute Gasteiger partial charge is 0.438 e. The Hall–Kier alpha value is -1.42. The number of hydrogen-bond donors (Lipinski definition) is 0. The summed E-state index contributed by atoms with van der Waals surface area (Å²) in [6.07, 6.45) is 1.49. The molecule has 0 aliphatic heterocycles. The molecule has 0 aliphatic carbocycles. The lowest BCUT2D eigenvalue weighted by atomic mass is 10.3. The zero-order valence-corrected chi connectivity index (χ0v) is 9.73. The van der Waals surface area contributed by atoms with Gasteiger partial charge >= 0.3 is 0 Å². The lowest BCUT2D eigenvalue weighted by Gasteiger charge is -2.05. The van der Waals surface area contributed by atoms with E-state index >= 15 is 0 Å². The summed E-state index contributed by atoms with van der Waals surface area (Å²) in [6, 6.07) is 9.43. The third-order valence-corrected chi connectivity index (χ3v) is 2.49. The molecular formula is C11H9BrN2O. The van der Waals surface area contributed by atoms with E-state index in [0.29, 0.717) is 5.88 Å². The summed E-state index contributed by atoms with van der Waals surface area (Å²) in [7, 11) is 0. The molecule has 0 atom stereocenters. The van der Waals surface area contributed by atoms with Crippen LogP contribution in [-0.2, 0) is 0 Å². The zero-order chi connectivity index (χ0) is 10.7. The molecule has 1 aromatic heterocycles. The van der Waals surface area contributed by atoms with Crippen LogP contribution in [0.2, 0.25) is 0 Å². The van der Waals surface area contributed by atoms with Gasteiger partial charge in [0.25, 0.3) is 0 Å². The van der Waals surface area contributed by atoms with Gasteiger partial charge in [0.05, 0.1) is 4.47 Å². The van der Waals surface area contributed by atoms with Gasteiger partial charge in [0.2, 0.25) is 5.88 Å². The first-order valence-electron chi connectivity index (χ1n) is 4.47.